The first-order chi connectivity index (χ1) is 24.3. The summed E-state index contributed by atoms with van der Waals surface area (Å²) in [5.74, 6) is -1.28. The Balaban J connectivity index is 1.14. The van der Waals surface area contributed by atoms with E-state index in [0.29, 0.717) is 21.9 Å². The van der Waals surface area contributed by atoms with Gasteiger partial charge in [-0.1, -0.05) is 91.9 Å². The number of rotatable bonds is 10. The summed E-state index contributed by atoms with van der Waals surface area (Å²) in [6.07, 6.45) is 0.209. The molecule has 9 nitrogen and oxygen atoms in total. The summed E-state index contributed by atoms with van der Waals surface area (Å²) >= 11 is 1.34. The van der Waals surface area contributed by atoms with Gasteiger partial charge in [0.05, 0.1) is 42.0 Å². The van der Waals surface area contributed by atoms with Crippen molar-refractivity contribution in [2.75, 3.05) is 5.75 Å². The molecular formula is C40H34N2O7S. The van der Waals surface area contributed by atoms with Crippen LogP contribution in [0.5, 0.6) is 0 Å². The average molecular weight is 687 g/mol. The number of carbonyl (C=O) groups is 3. The van der Waals surface area contributed by atoms with Crippen LogP contribution in [0.1, 0.15) is 72.6 Å². The van der Waals surface area contributed by atoms with E-state index in [1.54, 1.807) is 42.6 Å². The number of hydrogen-bond donors (Lipinski definition) is 2. The number of carboxylic acid groups (broad SMARTS) is 1. The Morgan fingerprint density at radius 3 is 2.10 bits per heavy atom. The van der Waals surface area contributed by atoms with Crippen LogP contribution in [0.3, 0.4) is 0 Å². The molecule has 3 heterocycles. The van der Waals surface area contributed by atoms with Gasteiger partial charge in [0.2, 0.25) is 0 Å². The molecule has 5 aromatic rings. The fourth-order valence-electron chi connectivity index (χ4n) is 6.45. The summed E-state index contributed by atoms with van der Waals surface area (Å²) in [5, 5.41) is 19.7. The van der Waals surface area contributed by atoms with Crippen LogP contribution >= 0.6 is 11.8 Å². The lowest BCUT2D eigenvalue weighted by Crippen LogP contribution is -2.38. The maximum absolute atomic E-state index is 13.1. The molecule has 1 aromatic heterocycles. The Morgan fingerprint density at radius 2 is 1.44 bits per heavy atom. The van der Waals surface area contributed by atoms with Crippen molar-refractivity contribution < 1.29 is 34.1 Å². The summed E-state index contributed by atoms with van der Waals surface area (Å²) in [7, 11) is 0. The minimum atomic E-state index is -1.04. The van der Waals surface area contributed by atoms with Gasteiger partial charge >= 0.3 is 5.97 Å². The highest BCUT2D eigenvalue weighted by Crippen LogP contribution is 2.43. The zero-order chi connectivity index (χ0) is 34.8. The number of fused-ring (bicyclic) bond motifs is 1. The monoisotopic (exact) mass is 686 g/mol. The lowest BCUT2D eigenvalue weighted by molar-refractivity contribution is -0.268. The Bertz CT molecular complexity index is 2020. The average Bonchev–Trinajstić information content (AvgIpc) is 3.39. The fraction of sp³-hybridized carbons (Fsp3) is 0.200. The molecule has 252 valence electrons. The zero-order valence-corrected chi connectivity index (χ0v) is 28.0. The molecule has 2 aliphatic rings. The van der Waals surface area contributed by atoms with E-state index in [4.69, 9.17) is 9.47 Å². The van der Waals surface area contributed by atoms with E-state index in [0.717, 1.165) is 33.4 Å². The van der Waals surface area contributed by atoms with Crippen molar-refractivity contribution in [3.63, 3.8) is 0 Å². The number of amides is 2. The number of aliphatic hydroxyl groups excluding tert-OH is 1. The molecule has 2 aliphatic heterocycles. The number of ether oxygens (including phenoxy) is 2. The largest absolute Gasteiger partial charge is 0.478 e. The van der Waals surface area contributed by atoms with Gasteiger partial charge in [0, 0.05) is 23.4 Å². The molecule has 4 atom stereocenters. The van der Waals surface area contributed by atoms with Gasteiger partial charge in [-0.25, -0.2) is 9.78 Å². The standard InChI is InChI=1S/C40H34N2O7S/c1-24-34(23-50-36-33(39(46)47)11-6-20-41-36)48-40(49-35(24)27-14-12-25(22-43)13-15-27)28-18-16-26(17-19-28)30-8-3-2-7-29(30)21-42-37(44)31-9-4-5-10-32(31)38(42)45/h2-20,24,34-35,40,43H,21-23H2,1H3,(H,46,47)/t24-,34+,35+,40+/m0/s1. The van der Waals surface area contributed by atoms with Gasteiger partial charge < -0.3 is 19.7 Å². The number of benzene rings is 4. The number of carboxylic acids is 1. The van der Waals surface area contributed by atoms with Crippen LogP contribution in [0.2, 0.25) is 0 Å². The molecule has 0 saturated carbocycles. The molecule has 7 rings (SSSR count). The van der Waals surface area contributed by atoms with Gasteiger partial charge in [-0.3, -0.25) is 14.5 Å². The van der Waals surface area contributed by atoms with E-state index in [1.165, 1.54) is 16.7 Å². The molecule has 0 unspecified atom stereocenters. The summed E-state index contributed by atoms with van der Waals surface area (Å²) in [6.45, 7) is 2.14. The second-order valence-electron chi connectivity index (χ2n) is 12.3. The predicted molar refractivity (Wildman–Crippen MR) is 187 cm³/mol. The first-order valence-corrected chi connectivity index (χ1v) is 17.3. The Hall–Kier alpha value is -5.13. The number of imide groups is 1. The highest BCUT2D eigenvalue weighted by molar-refractivity contribution is 7.99. The van der Waals surface area contributed by atoms with Crippen molar-refractivity contribution in [1.29, 1.82) is 0 Å². The van der Waals surface area contributed by atoms with Crippen LogP contribution in [-0.2, 0) is 22.6 Å². The summed E-state index contributed by atoms with van der Waals surface area (Å²) in [5.41, 5.74) is 6.17. The molecule has 0 radical (unpaired) electrons. The van der Waals surface area contributed by atoms with Crippen LogP contribution < -0.4 is 0 Å². The number of nitrogens with zero attached hydrogens (tertiary/aromatic N) is 2. The number of carbonyl (C=O) groups excluding carboxylic acids is 2. The van der Waals surface area contributed by atoms with Crippen LogP contribution in [0, 0.1) is 5.92 Å². The third-order valence-electron chi connectivity index (χ3n) is 9.23. The second kappa shape index (κ2) is 14.4. The highest BCUT2D eigenvalue weighted by atomic mass is 32.2. The lowest BCUT2D eigenvalue weighted by Gasteiger charge is -2.41. The topological polar surface area (TPSA) is 126 Å². The maximum atomic E-state index is 13.1. The van der Waals surface area contributed by atoms with Crippen molar-refractivity contribution in [2.24, 2.45) is 5.92 Å². The summed E-state index contributed by atoms with van der Waals surface area (Å²) < 4.78 is 13.2. The number of hydrogen-bond acceptors (Lipinski definition) is 8. The van der Waals surface area contributed by atoms with Crippen molar-refractivity contribution in [3.05, 3.63) is 154 Å². The normalized spacial score (nSPS) is 20.2. The minimum Gasteiger partial charge on any atom is -0.478 e. The SMILES string of the molecule is C[C@H]1[C@@H](CSc2ncccc2C(=O)O)O[C@@H](c2ccc(-c3ccccc3CN3C(=O)c4ccccc4C3=O)cc2)O[C@H]1c1ccc(CO)cc1. The molecule has 50 heavy (non-hydrogen) atoms. The molecule has 10 heteroatoms. The van der Waals surface area contributed by atoms with Crippen molar-refractivity contribution in [2.45, 2.75) is 43.6 Å². The smallest absolute Gasteiger partial charge is 0.338 e. The Labute approximate surface area is 293 Å². The molecule has 0 bridgehead atoms. The second-order valence-corrected chi connectivity index (χ2v) is 13.3. The molecule has 1 saturated heterocycles. The third kappa shape index (κ3) is 6.58. The van der Waals surface area contributed by atoms with Gasteiger partial charge in [-0.05, 0) is 52.1 Å². The van der Waals surface area contributed by atoms with Gasteiger partial charge in [-0.15, -0.1) is 11.8 Å². The Morgan fingerprint density at radius 1 is 0.800 bits per heavy atom. The molecule has 4 aromatic carbocycles. The lowest BCUT2D eigenvalue weighted by atomic mass is 9.91. The number of aromatic carboxylic acids is 1. The fourth-order valence-corrected chi connectivity index (χ4v) is 7.60. The van der Waals surface area contributed by atoms with Gasteiger partial charge in [0.25, 0.3) is 11.8 Å². The quantitative estimate of drug-likeness (QED) is 0.115. The highest BCUT2D eigenvalue weighted by Gasteiger charge is 2.39. The summed E-state index contributed by atoms with van der Waals surface area (Å²) in [6, 6.07) is 33.3. The summed E-state index contributed by atoms with van der Waals surface area (Å²) in [4.78, 5) is 43.6. The van der Waals surface area contributed by atoms with Crippen molar-refractivity contribution >= 4 is 29.5 Å². The van der Waals surface area contributed by atoms with Crippen LogP contribution in [0.25, 0.3) is 11.1 Å². The molecule has 0 aliphatic carbocycles. The minimum absolute atomic E-state index is 0.0594. The van der Waals surface area contributed by atoms with Crippen LogP contribution in [0.15, 0.2) is 120 Å². The number of thioether (sulfide) groups is 1. The molecule has 2 amide bonds. The van der Waals surface area contributed by atoms with E-state index < -0.39 is 12.3 Å². The van der Waals surface area contributed by atoms with Crippen molar-refractivity contribution in [1.82, 2.24) is 9.88 Å². The number of aliphatic hydroxyl groups is 1. The number of aromatic nitrogens is 1. The third-order valence-corrected chi connectivity index (χ3v) is 10.3. The van der Waals surface area contributed by atoms with Gasteiger partial charge in [0.15, 0.2) is 6.29 Å². The van der Waals surface area contributed by atoms with Gasteiger partial charge in [-0.2, -0.15) is 0 Å². The number of pyridine rings is 1. The van der Waals surface area contributed by atoms with Gasteiger partial charge in [0.1, 0.15) is 5.03 Å². The first kappa shape index (κ1) is 33.4. The predicted octanol–water partition coefficient (Wildman–Crippen LogP) is 7.32. The van der Waals surface area contributed by atoms with E-state index in [2.05, 4.69) is 11.9 Å². The van der Waals surface area contributed by atoms with Crippen molar-refractivity contribution in [3.8, 4) is 11.1 Å². The first-order valence-electron chi connectivity index (χ1n) is 16.3. The van der Waals surface area contributed by atoms with E-state index >= 15 is 0 Å². The van der Waals surface area contributed by atoms with Crippen LogP contribution in [-0.4, -0.2) is 49.7 Å². The van der Waals surface area contributed by atoms with E-state index in [-0.39, 0.29) is 48.7 Å². The van der Waals surface area contributed by atoms with Crippen LogP contribution in [0.4, 0.5) is 0 Å². The molecule has 0 spiro atoms. The molecular weight excluding hydrogens is 653 g/mol. The van der Waals surface area contributed by atoms with E-state index in [9.17, 15) is 24.6 Å². The maximum Gasteiger partial charge on any atom is 0.338 e. The molecule has 1 fully saturated rings. The Kier molecular flexibility index (Phi) is 9.60. The van der Waals surface area contributed by atoms with E-state index in [1.807, 2.05) is 72.8 Å². The molecule has 2 N–H and O–H groups in total. The zero-order valence-electron chi connectivity index (χ0n) is 27.1.